The first-order valence-electron chi connectivity index (χ1n) is 6.34. The molecule has 1 aromatic carbocycles. The van der Waals surface area contributed by atoms with Crippen LogP contribution in [0.1, 0.15) is 18.9 Å². The van der Waals surface area contributed by atoms with Crippen molar-refractivity contribution in [2.75, 3.05) is 23.8 Å². The molecule has 0 spiro atoms. The fourth-order valence-corrected chi connectivity index (χ4v) is 2.41. The number of fused-ring (bicyclic) bond motifs is 1. The summed E-state index contributed by atoms with van der Waals surface area (Å²) in [4.78, 5) is 24.4. The van der Waals surface area contributed by atoms with Gasteiger partial charge in [-0.1, -0.05) is 6.92 Å². The molecule has 1 heterocycles. The standard InChI is InChI=1S/C14H18N2O3/c1-9(5-14(18)19)8-16-12-4-3-11(15-2)6-10(12)7-13(16)17/h3-4,6,9,15H,5,7-8H2,1-2H3,(H,18,19). The Balaban J connectivity index is 2.16. The maximum Gasteiger partial charge on any atom is 0.303 e. The number of aliphatic carboxylic acids is 1. The largest absolute Gasteiger partial charge is 0.481 e. The van der Waals surface area contributed by atoms with Crippen LogP contribution >= 0.6 is 0 Å². The number of carbonyl (C=O) groups excluding carboxylic acids is 1. The van der Waals surface area contributed by atoms with E-state index in [0.717, 1.165) is 16.9 Å². The quantitative estimate of drug-likeness (QED) is 0.848. The van der Waals surface area contributed by atoms with Gasteiger partial charge in [-0.25, -0.2) is 0 Å². The lowest BCUT2D eigenvalue weighted by molar-refractivity contribution is -0.138. The molecular weight excluding hydrogens is 244 g/mol. The van der Waals surface area contributed by atoms with E-state index in [9.17, 15) is 9.59 Å². The van der Waals surface area contributed by atoms with Crippen LogP contribution in [0.5, 0.6) is 0 Å². The van der Waals surface area contributed by atoms with Crippen LogP contribution in [0.2, 0.25) is 0 Å². The van der Waals surface area contributed by atoms with Gasteiger partial charge in [0.05, 0.1) is 6.42 Å². The minimum atomic E-state index is -0.829. The average molecular weight is 262 g/mol. The fourth-order valence-electron chi connectivity index (χ4n) is 2.41. The number of carbonyl (C=O) groups is 2. The summed E-state index contributed by atoms with van der Waals surface area (Å²) in [6.07, 6.45) is 0.471. The lowest BCUT2D eigenvalue weighted by Gasteiger charge is -2.21. The van der Waals surface area contributed by atoms with Crippen LogP contribution in [0.3, 0.4) is 0 Å². The number of hydrogen-bond donors (Lipinski definition) is 2. The fraction of sp³-hybridized carbons (Fsp3) is 0.429. The van der Waals surface area contributed by atoms with Crippen LogP contribution in [0.4, 0.5) is 11.4 Å². The number of hydrogen-bond acceptors (Lipinski definition) is 3. The molecule has 2 rings (SSSR count). The van der Waals surface area contributed by atoms with Crippen molar-refractivity contribution in [3.63, 3.8) is 0 Å². The first-order valence-corrected chi connectivity index (χ1v) is 6.34. The van der Waals surface area contributed by atoms with Crippen LogP contribution in [0.25, 0.3) is 0 Å². The summed E-state index contributed by atoms with van der Waals surface area (Å²) in [6.45, 7) is 2.30. The summed E-state index contributed by atoms with van der Waals surface area (Å²) in [6, 6.07) is 5.81. The van der Waals surface area contributed by atoms with E-state index < -0.39 is 5.97 Å². The first-order chi connectivity index (χ1) is 9.01. The summed E-state index contributed by atoms with van der Waals surface area (Å²) in [5.74, 6) is -0.846. The molecule has 1 aliphatic heterocycles. The Morgan fingerprint density at radius 2 is 2.26 bits per heavy atom. The summed E-state index contributed by atoms with van der Waals surface area (Å²) in [7, 11) is 1.84. The molecule has 19 heavy (non-hydrogen) atoms. The molecule has 5 nitrogen and oxygen atoms in total. The molecule has 1 aromatic rings. The molecule has 2 N–H and O–H groups in total. The number of nitrogens with one attached hydrogen (secondary N) is 1. The highest BCUT2D eigenvalue weighted by molar-refractivity contribution is 6.01. The Morgan fingerprint density at radius 3 is 2.89 bits per heavy atom. The van der Waals surface area contributed by atoms with E-state index in [1.54, 1.807) is 4.90 Å². The van der Waals surface area contributed by atoms with Gasteiger partial charge in [0, 0.05) is 31.4 Å². The van der Waals surface area contributed by atoms with Crippen LogP contribution < -0.4 is 10.2 Å². The number of nitrogens with zero attached hydrogens (tertiary/aromatic N) is 1. The van der Waals surface area contributed by atoms with E-state index in [4.69, 9.17) is 5.11 Å². The maximum absolute atomic E-state index is 12.0. The van der Waals surface area contributed by atoms with E-state index >= 15 is 0 Å². The maximum atomic E-state index is 12.0. The Morgan fingerprint density at radius 1 is 1.53 bits per heavy atom. The van der Waals surface area contributed by atoms with Gasteiger partial charge >= 0.3 is 5.97 Å². The van der Waals surface area contributed by atoms with Crippen LogP contribution in [-0.2, 0) is 16.0 Å². The van der Waals surface area contributed by atoms with Gasteiger partial charge in [-0.15, -0.1) is 0 Å². The van der Waals surface area contributed by atoms with Crippen molar-refractivity contribution in [3.05, 3.63) is 23.8 Å². The number of carboxylic acids is 1. The zero-order valence-corrected chi connectivity index (χ0v) is 11.1. The smallest absolute Gasteiger partial charge is 0.303 e. The van der Waals surface area contributed by atoms with E-state index in [1.807, 2.05) is 32.2 Å². The predicted octanol–water partition coefficient (Wildman–Crippen LogP) is 1.73. The molecule has 0 saturated carbocycles. The van der Waals surface area contributed by atoms with Gasteiger partial charge in [-0.3, -0.25) is 9.59 Å². The second-order valence-electron chi connectivity index (χ2n) is 4.98. The van der Waals surface area contributed by atoms with Crippen molar-refractivity contribution in [1.29, 1.82) is 0 Å². The van der Waals surface area contributed by atoms with E-state index in [0.29, 0.717) is 13.0 Å². The summed E-state index contributed by atoms with van der Waals surface area (Å²) in [5, 5.41) is 11.8. The Labute approximate surface area is 112 Å². The molecule has 0 aromatic heterocycles. The van der Waals surface area contributed by atoms with E-state index in [1.165, 1.54) is 0 Å². The highest BCUT2D eigenvalue weighted by atomic mass is 16.4. The Kier molecular flexibility index (Phi) is 3.74. The summed E-state index contributed by atoms with van der Waals surface area (Å²) < 4.78 is 0. The van der Waals surface area contributed by atoms with E-state index in [-0.39, 0.29) is 18.2 Å². The third-order valence-corrected chi connectivity index (χ3v) is 3.32. The Hall–Kier alpha value is -2.04. The molecule has 1 unspecified atom stereocenters. The highest BCUT2D eigenvalue weighted by Crippen LogP contribution is 2.31. The molecule has 0 radical (unpaired) electrons. The molecule has 1 atom stereocenters. The normalized spacial score (nSPS) is 15.3. The molecule has 0 fully saturated rings. The van der Waals surface area contributed by atoms with Gasteiger partial charge in [0.1, 0.15) is 0 Å². The minimum absolute atomic E-state index is 0.0421. The molecule has 1 amide bonds. The number of anilines is 2. The zero-order valence-electron chi connectivity index (χ0n) is 11.1. The van der Waals surface area contributed by atoms with Crippen molar-refractivity contribution < 1.29 is 14.7 Å². The molecule has 5 heteroatoms. The van der Waals surface area contributed by atoms with Gasteiger partial charge in [-0.05, 0) is 29.7 Å². The number of benzene rings is 1. The van der Waals surface area contributed by atoms with Crippen molar-refractivity contribution in [2.24, 2.45) is 5.92 Å². The van der Waals surface area contributed by atoms with Crippen molar-refractivity contribution >= 4 is 23.3 Å². The number of amides is 1. The van der Waals surface area contributed by atoms with E-state index in [2.05, 4.69) is 5.32 Å². The molecule has 0 saturated heterocycles. The predicted molar refractivity (Wildman–Crippen MR) is 73.5 cm³/mol. The summed E-state index contributed by atoms with van der Waals surface area (Å²) >= 11 is 0. The van der Waals surface area contributed by atoms with Crippen LogP contribution in [0, 0.1) is 5.92 Å². The molecule has 0 bridgehead atoms. The SMILES string of the molecule is CNc1ccc2c(c1)CC(=O)N2CC(C)CC(=O)O. The topological polar surface area (TPSA) is 69.6 Å². The summed E-state index contributed by atoms with van der Waals surface area (Å²) in [5.41, 5.74) is 2.88. The molecule has 102 valence electrons. The molecule has 0 aliphatic carbocycles. The second-order valence-corrected chi connectivity index (χ2v) is 4.98. The third-order valence-electron chi connectivity index (χ3n) is 3.32. The van der Waals surface area contributed by atoms with Gasteiger partial charge in [0.15, 0.2) is 0 Å². The average Bonchev–Trinajstić information content (AvgIpc) is 2.64. The third kappa shape index (κ3) is 2.86. The highest BCUT2D eigenvalue weighted by Gasteiger charge is 2.28. The zero-order chi connectivity index (χ0) is 14.0. The second kappa shape index (κ2) is 5.30. The van der Waals surface area contributed by atoms with Gasteiger partial charge in [0.2, 0.25) is 5.91 Å². The van der Waals surface area contributed by atoms with Crippen molar-refractivity contribution in [3.8, 4) is 0 Å². The monoisotopic (exact) mass is 262 g/mol. The van der Waals surface area contributed by atoms with Gasteiger partial charge < -0.3 is 15.3 Å². The van der Waals surface area contributed by atoms with Crippen molar-refractivity contribution in [2.45, 2.75) is 19.8 Å². The Bertz CT molecular complexity index is 513. The first kappa shape index (κ1) is 13.4. The lowest BCUT2D eigenvalue weighted by Crippen LogP contribution is -2.32. The minimum Gasteiger partial charge on any atom is -0.481 e. The molecular formula is C14H18N2O3. The van der Waals surface area contributed by atoms with Crippen LogP contribution in [-0.4, -0.2) is 30.6 Å². The van der Waals surface area contributed by atoms with Crippen molar-refractivity contribution in [1.82, 2.24) is 0 Å². The number of carboxylic acid groups (broad SMARTS) is 1. The van der Waals surface area contributed by atoms with Gasteiger partial charge in [0.25, 0.3) is 0 Å². The number of rotatable bonds is 5. The molecule has 1 aliphatic rings. The van der Waals surface area contributed by atoms with Gasteiger partial charge in [-0.2, -0.15) is 0 Å². The van der Waals surface area contributed by atoms with Crippen LogP contribution in [0.15, 0.2) is 18.2 Å². The lowest BCUT2D eigenvalue weighted by atomic mass is 10.1.